The predicted octanol–water partition coefficient (Wildman–Crippen LogP) is 4.74. The van der Waals surface area contributed by atoms with E-state index in [1.54, 1.807) is 17.0 Å². The number of likely N-dealkylation sites (tertiary alicyclic amines) is 1. The van der Waals surface area contributed by atoms with Crippen molar-refractivity contribution < 1.29 is 4.79 Å². The fourth-order valence-electron chi connectivity index (χ4n) is 3.69. The van der Waals surface area contributed by atoms with Gasteiger partial charge >= 0.3 is 6.03 Å². The topological polar surface area (TPSA) is 106 Å². The van der Waals surface area contributed by atoms with Crippen molar-refractivity contribution in [1.29, 1.82) is 10.5 Å². The van der Waals surface area contributed by atoms with Crippen molar-refractivity contribution in [2.24, 2.45) is 5.92 Å². The number of thiazole rings is 1. The van der Waals surface area contributed by atoms with Crippen LogP contribution < -0.4 is 5.32 Å². The molecule has 8 heteroatoms. The molecule has 1 aromatic carbocycles. The molecule has 0 radical (unpaired) electrons. The van der Waals surface area contributed by atoms with E-state index in [1.807, 2.05) is 38.1 Å². The molecular formula is C23H20N6OS. The lowest BCUT2D eigenvalue weighted by Gasteiger charge is -2.14. The second-order valence-electron chi connectivity index (χ2n) is 7.52. The van der Waals surface area contributed by atoms with Crippen LogP contribution >= 0.6 is 11.3 Å². The molecule has 3 aromatic rings. The summed E-state index contributed by atoms with van der Waals surface area (Å²) in [7, 11) is 0. The standard InChI is InChI=1S/C23H20N6OS/c1-14-8-19(9-15(2)26-14)21-20(18-5-3-4-16(10-18)11-24)27-22(31-21)28-23(30)29-7-6-17(12-25)13-29/h3-5,8-10,17H,6-7,13H2,1-2H3,(H,27,28,30)/t17-/m1/s1. The van der Waals surface area contributed by atoms with Gasteiger partial charge in [-0.3, -0.25) is 10.3 Å². The molecule has 1 aliphatic rings. The number of aromatic nitrogens is 2. The molecule has 1 fully saturated rings. The summed E-state index contributed by atoms with van der Waals surface area (Å²) in [6.07, 6.45) is 0.689. The highest BCUT2D eigenvalue weighted by Crippen LogP contribution is 2.39. The average Bonchev–Trinajstić information content (AvgIpc) is 3.40. The van der Waals surface area contributed by atoms with Crippen LogP contribution in [0.25, 0.3) is 21.7 Å². The van der Waals surface area contributed by atoms with Crippen LogP contribution in [0.4, 0.5) is 9.93 Å². The highest BCUT2D eigenvalue weighted by Gasteiger charge is 2.27. The maximum atomic E-state index is 12.7. The SMILES string of the molecule is Cc1cc(-c2sc(NC(=O)N3CC[C@H](C#N)C3)nc2-c2cccc(C#N)c2)cc(C)n1. The lowest BCUT2D eigenvalue weighted by atomic mass is 10.0. The van der Waals surface area contributed by atoms with E-state index in [2.05, 4.69) is 22.4 Å². The zero-order valence-electron chi connectivity index (χ0n) is 17.2. The Hall–Kier alpha value is -3.75. The Kier molecular flexibility index (Phi) is 5.66. The third-order valence-corrected chi connectivity index (χ3v) is 6.13. The van der Waals surface area contributed by atoms with E-state index < -0.39 is 0 Å². The first-order valence-corrected chi connectivity index (χ1v) is 10.7. The fraction of sp³-hybridized carbons (Fsp3) is 0.261. The van der Waals surface area contributed by atoms with E-state index in [9.17, 15) is 10.1 Å². The van der Waals surface area contributed by atoms with Crippen molar-refractivity contribution in [3.8, 4) is 33.8 Å². The van der Waals surface area contributed by atoms with Crippen molar-refractivity contribution in [2.45, 2.75) is 20.3 Å². The van der Waals surface area contributed by atoms with Crippen LogP contribution in [0.1, 0.15) is 23.4 Å². The largest absolute Gasteiger partial charge is 0.323 e. The Morgan fingerprint density at radius 1 is 1.16 bits per heavy atom. The molecular weight excluding hydrogens is 408 g/mol. The number of nitrogens with one attached hydrogen (secondary N) is 1. The number of nitrogens with zero attached hydrogens (tertiary/aromatic N) is 5. The lowest BCUT2D eigenvalue weighted by Crippen LogP contribution is -2.32. The summed E-state index contributed by atoms with van der Waals surface area (Å²) in [6.45, 7) is 4.87. The van der Waals surface area contributed by atoms with Crippen molar-refractivity contribution in [3.05, 3.63) is 53.3 Å². The van der Waals surface area contributed by atoms with Crippen molar-refractivity contribution in [1.82, 2.24) is 14.9 Å². The van der Waals surface area contributed by atoms with Gasteiger partial charge in [-0.2, -0.15) is 10.5 Å². The Morgan fingerprint density at radius 2 is 1.94 bits per heavy atom. The third-order valence-electron chi connectivity index (χ3n) is 5.11. The van der Waals surface area contributed by atoms with Gasteiger partial charge in [0.05, 0.1) is 34.2 Å². The van der Waals surface area contributed by atoms with Crippen LogP contribution in [0.2, 0.25) is 0 Å². The van der Waals surface area contributed by atoms with Gasteiger partial charge in [-0.15, -0.1) is 0 Å². The quantitative estimate of drug-likeness (QED) is 0.649. The first kappa shape index (κ1) is 20.5. The molecule has 1 N–H and O–H groups in total. The molecule has 0 bridgehead atoms. The zero-order chi connectivity index (χ0) is 22.0. The van der Waals surface area contributed by atoms with Crippen LogP contribution in [0.3, 0.4) is 0 Å². The van der Waals surface area contributed by atoms with Gasteiger partial charge in [-0.05, 0) is 50.1 Å². The number of hydrogen-bond acceptors (Lipinski definition) is 6. The minimum Gasteiger partial charge on any atom is -0.323 e. The third kappa shape index (κ3) is 4.40. The van der Waals surface area contributed by atoms with Crippen LogP contribution in [0.5, 0.6) is 0 Å². The van der Waals surface area contributed by atoms with E-state index in [-0.39, 0.29) is 11.9 Å². The number of carbonyl (C=O) groups is 1. The maximum Gasteiger partial charge on any atom is 0.323 e. The number of hydrogen-bond donors (Lipinski definition) is 1. The number of anilines is 1. The normalized spacial score (nSPS) is 15.4. The van der Waals surface area contributed by atoms with Crippen molar-refractivity contribution in [2.75, 3.05) is 18.4 Å². The molecule has 2 amide bonds. The minimum atomic E-state index is -0.252. The maximum absolute atomic E-state index is 12.7. The second kappa shape index (κ2) is 8.55. The van der Waals surface area contributed by atoms with Crippen molar-refractivity contribution in [3.63, 3.8) is 0 Å². The number of urea groups is 1. The molecule has 1 saturated heterocycles. The first-order valence-electron chi connectivity index (χ1n) is 9.89. The van der Waals surface area contributed by atoms with Crippen LogP contribution in [0.15, 0.2) is 36.4 Å². The summed E-state index contributed by atoms with van der Waals surface area (Å²) in [5, 5.41) is 21.7. The molecule has 1 aliphatic heterocycles. The monoisotopic (exact) mass is 428 g/mol. The molecule has 2 aromatic heterocycles. The number of aryl methyl sites for hydroxylation is 2. The Balaban J connectivity index is 1.73. The molecule has 4 rings (SSSR count). The highest BCUT2D eigenvalue weighted by molar-refractivity contribution is 7.19. The molecule has 0 unspecified atom stereocenters. The van der Waals surface area contributed by atoms with E-state index in [1.165, 1.54) is 11.3 Å². The summed E-state index contributed by atoms with van der Waals surface area (Å²) in [5.41, 5.74) is 4.81. The molecule has 31 heavy (non-hydrogen) atoms. The summed E-state index contributed by atoms with van der Waals surface area (Å²) in [4.78, 5) is 24.4. The fourth-order valence-corrected chi connectivity index (χ4v) is 4.65. The molecule has 154 valence electrons. The van der Waals surface area contributed by atoms with Gasteiger partial charge < -0.3 is 4.90 Å². The molecule has 7 nitrogen and oxygen atoms in total. The average molecular weight is 429 g/mol. The van der Waals surface area contributed by atoms with Gasteiger partial charge in [0.15, 0.2) is 5.13 Å². The van der Waals surface area contributed by atoms with Gasteiger partial charge in [-0.25, -0.2) is 9.78 Å². The lowest BCUT2D eigenvalue weighted by molar-refractivity contribution is 0.222. The van der Waals surface area contributed by atoms with Crippen LogP contribution in [0, 0.1) is 42.4 Å². The van der Waals surface area contributed by atoms with Crippen molar-refractivity contribution >= 4 is 22.5 Å². The van der Waals surface area contributed by atoms with E-state index in [0.717, 1.165) is 27.4 Å². The zero-order valence-corrected chi connectivity index (χ0v) is 18.0. The highest BCUT2D eigenvalue weighted by atomic mass is 32.1. The van der Waals surface area contributed by atoms with Crippen LogP contribution in [-0.2, 0) is 0 Å². The van der Waals surface area contributed by atoms with Crippen LogP contribution in [-0.4, -0.2) is 34.0 Å². The molecule has 3 heterocycles. The summed E-state index contributed by atoms with van der Waals surface area (Å²) in [5.74, 6) is -0.121. The molecule has 1 atom stereocenters. The number of nitriles is 2. The summed E-state index contributed by atoms with van der Waals surface area (Å²) in [6, 6.07) is 15.4. The Bertz CT molecular complexity index is 1220. The van der Waals surface area contributed by atoms with Gasteiger partial charge in [-0.1, -0.05) is 23.5 Å². The molecule has 0 spiro atoms. The number of pyridine rings is 1. The number of carbonyl (C=O) groups excluding carboxylic acids is 1. The van der Waals surface area contributed by atoms with Gasteiger partial charge in [0.25, 0.3) is 0 Å². The van der Waals surface area contributed by atoms with E-state index >= 15 is 0 Å². The Labute approximate surface area is 184 Å². The number of rotatable bonds is 3. The molecule has 0 saturated carbocycles. The molecule has 0 aliphatic carbocycles. The second-order valence-corrected chi connectivity index (χ2v) is 8.52. The summed E-state index contributed by atoms with van der Waals surface area (Å²) >= 11 is 1.39. The van der Waals surface area contributed by atoms with E-state index in [0.29, 0.717) is 35.9 Å². The van der Waals surface area contributed by atoms with Gasteiger partial charge in [0, 0.05) is 30.0 Å². The first-order chi connectivity index (χ1) is 15.0. The van der Waals surface area contributed by atoms with E-state index in [4.69, 9.17) is 10.2 Å². The van der Waals surface area contributed by atoms with Gasteiger partial charge in [0.1, 0.15) is 0 Å². The summed E-state index contributed by atoms with van der Waals surface area (Å²) < 4.78 is 0. The smallest absolute Gasteiger partial charge is 0.323 e. The number of benzene rings is 1. The predicted molar refractivity (Wildman–Crippen MR) is 119 cm³/mol. The minimum absolute atomic E-state index is 0.121. The van der Waals surface area contributed by atoms with Gasteiger partial charge in [0.2, 0.25) is 0 Å². The Morgan fingerprint density at radius 3 is 2.61 bits per heavy atom. The number of amides is 2.